The van der Waals surface area contributed by atoms with Crippen LogP contribution >= 0.6 is 11.3 Å². The number of thiophene rings is 1. The fourth-order valence-corrected chi connectivity index (χ4v) is 3.93. The number of alkyl carbamates (subject to hydrolysis) is 1. The van der Waals surface area contributed by atoms with Crippen molar-refractivity contribution in [2.45, 2.75) is 51.9 Å². The Morgan fingerprint density at radius 2 is 1.96 bits per heavy atom. The largest absolute Gasteiger partial charge is 0.453 e. The molecule has 0 saturated carbocycles. The summed E-state index contributed by atoms with van der Waals surface area (Å²) in [6, 6.07) is 0. The Bertz CT molecular complexity index is 609. The van der Waals surface area contributed by atoms with Crippen LogP contribution < -0.4 is 10.6 Å². The highest BCUT2D eigenvalue weighted by Gasteiger charge is 2.27. The Balaban J connectivity index is 2.26. The molecule has 23 heavy (non-hydrogen) atoms. The summed E-state index contributed by atoms with van der Waals surface area (Å²) in [5, 5.41) is 5.58. The number of hydrogen-bond acceptors (Lipinski definition) is 5. The lowest BCUT2D eigenvalue weighted by molar-refractivity contribution is -0.116. The molecule has 1 aliphatic rings. The van der Waals surface area contributed by atoms with Crippen LogP contribution in [-0.4, -0.2) is 25.0 Å². The Kier molecular flexibility index (Phi) is 6.15. The van der Waals surface area contributed by atoms with E-state index in [1.807, 2.05) is 6.92 Å². The number of unbranched alkanes of at least 4 members (excludes halogenated alkanes) is 1. The maximum atomic E-state index is 12.4. The Labute approximate surface area is 139 Å². The molecule has 0 atom stereocenters. The van der Waals surface area contributed by atoms with E-state index in [0.29, 0.717) is 17.0 Å². The fraction of sp³-hybridized carbons (Fsp3) is 0.562. The molecule has 3 amide bonds. The number of amides is 3. The molecule has 1 aliphatic carbocycles. The van der Waals surface area contributed by atoms with Crippen molar-refractivity contribution in [1.29, 1.82) is 0 Å². The molecule has 0 spiro atoms. The van der Waals surface area contributed by atoms with E-state index < -0.39 is 12.0 Å². The van der Waals surface area contributed by atoms with Crippen molar-refractivity contribution in [2.24, 2.45) is 0 Å². The van der Waals surface area contributed by atoms with Crippen LogP contribution in [0.25, 0.3) is 0 Å². The zero-order chi connectivity index (χ0) is 16.8. The zero-order valence-corrected chi connectivity index (χ0v) is 14.3. The Morgan fingerprint density at radius 3 is 2.65 bits per heavy atom. The molecule has 126 valence electrons. The number of hydrogen-bond donors (Lipinski definition) is 2. The summed E-state index contributed by atoms with van der Waals surface area (Å²) < 4.78 is 4.48. The molecule has 0 radical (unpaired) electrons. The highest BCUT2D eigenvalue weighted by Crippen LogP contribution is 2.38. The van der Waals surface area contributed by atoms with E-state index in [1.165, 1.54) is 18.4 Å². The SMILES string of the molecule is CCCCC(=O)Nc1sc2c(c1C(=O)NC(=O)OC)CCCC2. The summed E-state index contributed by atoms with van der Waals surface area (Å²) in [6.07, 6.45) is 5.15. The lowest BCUT2D eigenvalue weighted by Crippen LogP contribution is -2.31. The van der Waals surface area contributed by atoms with E-state index in [4.69, 9.17) is 0 Å². The van der Waals surface area contributed by atoms with Gasteiger partial charge < -0.3 is 10.1 Å². The molecule has 0 bridgehead atoms. The normalized spacial score (nSPS) is 13.1. The molecular formula is C16H22N2O4S. The molecule has 1 aromatic rings. The average molecular weight is 338 g/mol. The van der Waals surface area contributed by atoms with Crippen LogP contribution in [0.1, 0.15) is 59.8 Å². The van der Waals surface area contributed by atoms with Gasteiger partial charge in [0.2, 0.25) is 5.91 Å². The van der Waals surface area contributed by atoms with Crippen molar-refractivity contribution >= 4 is 34.2 Å². The fourth-order valence-electron chi connectivity index (χ4n) is 2.63. The first-order valence-electron chi connectivity index (χ1n) is 7.90. The smallest absolute Gasteiger partial charge is 0.413 e. The number of fused-ring (bicyclic) bond motifs is 1. The average Bonchev–Trinajstić information content (AvgIpc) is 2.90. The van der Waals surface area contributed by atoms with Crippen LogP contribution in [0.5, 0.6) is 0 Å². The van der Waals surface area contributed by atoms with E-state index in [1.54, 1.807) is 0 Å². The summed E-state index contributed by atoms with van der Waals surface area (Å²) in [5.41, 5.74) is 1.37. The van der Waals surface area contributed by atoms with E-state index in [-0.39, 0.29) is 5.91 Å². The number of rotatable bonds is 5. The third-order valence-electron chi connectivity index (χ3n) is 3.81. The van der Waals surface area contributed by atoms with E-state index >= 15 is 0 Å². The van der Waals surface area contributed by atoms with Crippen molar-refractivity contribution < 1.29 is 19.1 Å². The minimum absolute atomic E-state index is 0.0995. The first-order valence-corrected chi connectivity index (χ1v) is 8.72. The zero-order valence-electron chi connectivity index (χ0n) is 13.5. The predicted molar refractivity (Wildman–Crippen MR) is 89.0 cm³/mol. The molecule has 0 unspecified atom stereocenters. The second-order valence-electron chi connectivity index (χ2n) is 5.51. The first kappa shape index (κ1) is 17.5. The number of imide groups is 1. The van der Waals surface area contributed by atoms with Gasteiger partial charge in [0, 0.05) is 11.3 Å². The first-order chi connectivity index (χ1) is 11.1. The molecule has 1 heterocycles. The van der Waals surface area contributed by atoms with Gasteiger partial charge in [-0.1, -0.05) is 13.3 Å². The lowest BCUT2D eigenvalue weighted by Gasteiger charge is -2.12. The summed E-state index contributed by atoms with van der Waals surface area (Å²) in [4.78, 5) is 36.9. The molecule has 0 aromatic carbocycles. The second-order valence-corrected chi connectivity index (χ2v) is 6.62. The Hall–Kier alpha value is -1.89. The van der Waals surface area contributed by atoms with E-state index in [9.17, 15) is 14.4 Å². The predicted octanol–water partition coefficient (Wildman–Crippen LogP) is 3.25. The van der Waals surface area contributed by atoms with Crippen molar-refractivity contribution in [3.63, 3.8) is 0 Å². The third-order valence-corrected chi connectivity index (χ3v) is 5.02. The molecule has 2 rings (SSSR count). The number of carbonyl (C=O) groups excluding carboxylic acids is 3. The molecule has 0 saturated heterocycles. The minimum atomic E-state index is -0.797. The Morgan fingerprint density at radius 1 is 1.22 bits per heavy atom. The topological polar surface area (TPSA) is 84.5 Å². The number of aryl methyl sites for hydroxylation is 1. The van der Waals surface area contributed by atoms with Gasteiger partial charge in [0.1, 0.15) is 5.00 Å². The molecule has 7 heteroatoms. The summed E-state index contributed by atoms with van der Waals surface area (Å²) in [7, 11) is 1.21. The molecule has 0 fully saturated rings. The van der Waals surface area contributed by atoms with Gasteiger partial charge >= 0.3 is 6.09 Å². The van der Waals surface area contributed by atoms with Crippen LogP contribution in [0, 0.1) is 0 Å². The number of anilines is 1. The van der Waals surface area contributed by atoms with Crippen LogP contribution in [0.2, 0.25) is 0 Å². The van der Waals surface area contributed by atoms with Gasteiger partial charge in [0.15, 0.2) is 0 Å². The summed E-state index contributed by atoms with van der Waals surface area (Å²) in [6.45, 7) is 2.02. The van der Waals surface area contributed by atoms with Gasteiger partial charge in [0.25, 0.3) is 5.91 Å². The highest BCUT2D eigenvalue weighted by molar-refractivity contribution is 7.17. The standard InChI is InChI=1S/C16H22N2O4S/c1-3-4-9-12(19)17-15-13(14(20)18-16(21)22-2)10-7-5-6-8-11(10)23-15/h3-9H2,1-2H3,(H,17,19)(H,18,20,21). The van der Waals surface area contributed by atoms with Crippen LogP contribution in [-0.2, 0) is 22.4 Å². The van der Waals surface area contributed by atoms with Crippen LogP contribution in [0.15, 0.2) is 0 Å². The maximum Gasteiger partial charge on any atom is 0.413 e. The van der Waals surface area contributed by atoms with Crippen LogP contribution in [0.4, 0.5) is 9.80 Å². The van der Waals surface area contributed by atoms with Gasteiger partial charge in [-0.05, 0) is 37.7 Å². The minimum Gasteiger partial charge on any atom is -0.453 e. The number of nitrogens with one attached hydrogen (secondary N) is 2. The molecule has 0 aliphatic heterocycles. The molecule has 2 N–H and O–H groups in total. The lowest BCUT2D eigenvalue weighted by atomic mass is 9.95. The van der Waals surface area contributed by atoms with Gasteiger partial charge in [-0.3, -0.25) is 14.9 Å². The number of carbonyl (C=O) groups is 3. The molecule has 1 aromatic heterocycles. The summed E-state index contributed by atoms with van der Waals surface area (Å²) in [5.74, 6) is -0.611. The molecular weight excluding hydrogens is 316 g/mol. The van der Waals surface area contributed by atoms with Gasteiger partial charge in [0.05, 0.1) is 12.7 Å². The highest BCUT2D eigenvalue weighted by atomic mass is 32.1. The summed E-state index contributed by atoms with van der Waals surface area (Å²) >= 11 is 1.44. The molecule has 6 nitrogen and oxygen atoms in total. The van der Waals surface area contributed by atoms with Crippen LogP contribution in [0.3, 0.4) is 0 Å². The number of ether oxygens (including phenoxy) is 1. The quantitative estimate of drug-likeness (QED) is 0.863. The van der Waals surface area contributed by atoms with Crippen molar-refractivity contribution in [1.82, 2.24) is 5.32 Å². The second kappa shape index (κ2) is 8.10. The van der Waals surface area contributed by atoms with E-state index in [2.05, 4.69) is 15.4 Å². The van der Waals surface area contributed by atoms with Gasteiger partial charge in [-0.15, -0.1) is 11.3 Å². The van der Waals surface area contributed by atoms with Gasteiger partial charge in [-0.2, -0.15) is 0 Å². The van der Waals surface area contributed by atoms with Crippen molar-refractivity contribution in [3.8, 4) is 0 Å². The van der Waals surface area contributed by atoms with E-state index in [0.717, 1.165) is 49.0 Å². The van der Waals surface area contributed by atoms with Gasteiger partial charge in [-0.25, -0.2) is 4.79 Å². The van der Waals surface area contributed by atoms with Crippen molar-refractivity contribution in [2.75, 3.05) is 12.4 Å². The monoisotopic (exact) mass is 338 g/mol. The number of methoxy groups -OCH3 is 1. The maximum absolute atomic E-state index is 12.4. The third kappa shape index (κ3) is 4.31. The van der Waals surface area contributed by atoms with Crippen molar-refractivity contribution in [3.05, 3.63) is 16.0 Å².